The van der Waals surface area contributed by atoms with E-state index in [1.165, 1.54) is 5.01 Å². The maximum atomic E-state index is 12.8. The van der Waals surface area contributed by atoms with Crippen molar-refractivity contribution in [2.75, 3.05) is 5.01 Å². The van der Waals surface area contributed by atoms with Crippen molar-refractivity contribution in [3.05, 3.63) is 102 Å². The molecule has 0 bridgehead atoms. The fourth-order valence-corrected chi connectivity index (χ4v) is 3.03. The van der Waals surface area contributed by atoms with E-state index in [4.69, 9.17) is 4.74 Å². The van der Waals surface area contributed by atoms with Crippen LogP contribution >= 0.6 is 0 Å². The third-order valence-electron chi connectivity index (χ3n) is 4.48. The first-order valence-electron chi connectivity index (χ1n) is 9.14. The monoisotopic (exact) mass is 368 g/mol. The molecular weight excluding hydrogens is 348 g/mol. The first-order valence-corrected chi connectivity index (χ1v) is 9.14. The second kappa shape index (κ2) is 7.92. The summed E-state index contributed by atoms with van der Waals surface area (Å²) in [5.74, 6) is 0.637. The molecule has 0 aliphatic carbocycles. The SMILES string of the molecule is CC1=NN(c2ccccc2)C(=O)/C1=C/c1cccc(OCc2ccccc2)c1. The van der Waals surface area contributed by atoms with Crippen LogP contribution in [-0.4, -0.2) is 11.6 Å². The van der Waals surface area contributed by atoms with Crippen LogP contribution in [0.25, 0.3) is 6.08 Å². The molecule has 0 saturated carbocycles. The average Bonchev–Trinajstić information content (AvgIpc) is 3.02. The highest BCUT2D eigenvalue weighted by molar-refractivity contribution is 6.32. The smallest absolute Gasteiger partial charge is 0.280 e. The van der Waals surface area contributed by atoms with Crippen molar-refractivity contribution in [2.45, 2.75) is 13.5 Å². The molecule has 4 nitrogen and oxygen atoms in total. The number of nitrogens with zero attached hydrogens (tertiary/aromatic N) is 2. The second-order valence-electron chi connectivity index (χ2n) is 6.54. The predicted octanol–water partition coefficient (Wildman–Crippen LogP) is 5.07. The maximum Gasteiger partial charge on any atom is 0.280 e. The van der Waals surface area contributed by atoms with Crippen LogP contribution in [0.3, 0.4) is 0 Å². The number of benzene rings is 3. The van der Waals surface area contributed by atoms with Gasteiger partial charge >= 0.3 is 0 Å². The molecule has 3 aromatic rings. The van der Waals surface area contributed by atoms with Gasteiger partial charge in [-0.15, -0.1) is 0 Å². The Balaban J connectivity index is 1.53. The van der Waals surface area contributed by atoms with Gasteiger partial charge in [-0.1, -0.05) is 60.7 Å². The summed E-state index contributed by atoms with van der Waals surface area (Å²) in [4.78, 5) is 12.8. The van der Waals surface area contributed by atoms with Gasteiger partial charge < -0.3 is 4.74 Å². The average molecular weight is 368 g/mol. The van der Waals surface area contributed by atoms with Gasteiger partial charge in [-0.3, -0.25) is 4.79 Å². The molecule has 0 fully saturated rings. The number of ether oxygens (including phenoxy) is 1. The summed E-state index contributed by atoms with van der Waals surface area (Å²) in [5, 5.41) is 5.86. The highest BCUT2D eigenvalue weighted by Crippen LogP contribution is 2.25. The second-order valence-corrected chi connectivity index (χ2v) is 6.54. The Hall–Kier alpha value is -3.66. The standard InChI is InChI=1S/C24H20N2O2/c1-18-23(24(27)26(25-18)21-12-6-3-7-13-21)16-20-11-8-14-22(15-20)28-17-19-9-4-2-5-10-19/h2-16H,17H2,1H3/b23-16+. The summed E-state index contributed by atoms with van der Waals surface area (Å²) in [6, 6.07) is 27.2. The lowest BCUT2D eigenvalue weighted by molar-refractivity contribution is -0.114. The Bertz CT molecular complexity index is 1040. The zero-order valence-electron chi connectivity index (χ0n) is 15.6. The van der Waals surface area contributed by atoms with Crippen LogP contribution in [0.5, 0.6) is 5.75 Å². The Morgan fingerprint density at radius 3 is 2.39 bits per heavy atom. The molecule has 0 atom stereocenters. The largest absolute Gasteiger partial charge is 0.489 e. The van der Waals surface area contributed by atoms with Gasteiger partial charge in [0.1, 0.15) is 12.4 Å². The third-order valence-corrected chi connectivity index (χ3v) is 4.48. The Kier molecular flexibility index (Phi) is 5.02. The first-order chi connectivity index (χ1) is 13.7. The molecule has 28 heavy (non-hydrogen) atoms. The van der Waals surface area contributed by atoms with Gasteiger partial charge in [-0.05, 0) is 48.4 Å². The van der Waals surface area contributed by atoms with Crippen LogP contribution in [0.4, 0.5) is 5.69 Å². The summed E-state index contributed by atoms with van der Waals surface area (Å²) in [5.41, 5.74) is 4.06. The minimum atomic E-state index is -0.126. The van der Waals surface area contributed by atoms with Crippen LogP contribution in [0.1, 0.15) is 18.1 Å². The zero-order chi connectivity index (χ0) is 19.3. The maximum absolute atomic E-state index is 12.8. The molecule has 0 saturated heterocycles. The first kappa shape index (κ1) is 17.7. The summed E-state index contributed by atoms with van der Waals surface area (Å²) in [6.45, 7) is 2.35. The van der Waals surface area contributed by atoms with Crippen molar-refractivity contribution in [2.24, 2.45) is 5.10 Å². The summed E-state index contributed by atoms with van der Waals surface area (Å²) in [6.07, 6.45) is 1.86. The number of carbonyl (C=O) groups excluding carboxylic acids is 1. The van der Waals surface area contributed by atoms with E-state index in [9.17, 15) is 4.79 Å². The minimum absolute atomic E-state index is 0.126. The van der Waals surface area contributed by atoms with E-state index in [0.29, 0.717) is 17.9 Å². The fourth-order valence-electron chi connectivity index (χ4n) is 3.03. The van der Waals surface area contributed by atoms with Gasteiger partial charge in [0.25, 0.3) is 5.91 Å². The number of amides is 1. The van der Waals surface area contributed by atoms with Gasteiger partial charge in [-0.25, -0.2) is 0 Å². The number of rotatable bonds is 5. The predicted molar refractivity (Wildman–Crippen MR) is 112 cm³/mol. The number of para-hydroxylation sites is 1. The molecule has 0 spiro atoms. The highest BCUT2D eigenvalue weighted by atomic mass is 16.5. The fraction of sp³-hybridized carbons (Fsp3) is 0.0833. The Morgan fingerprint density at radius 1 is 0.929 bits per heavy atom. The van der Waals surface area contributed by atoms with E-state index in [1.54, 1.807) is 0 Å². The Labute approximate surface area is 164 Å². The van der Waals surface area contributed by atoms with Gasteiger partial charge in [0.2, 0.25) is 0 Å². The minimum Gasteiger partial charge on any atom is -0.489 e. The lowest BCUT2D eigenvalue weighted by Gasteiger charge is -2.11. The lowest BCUT2D eigenvalue weighted by atomic mass is 10.1. The van der Waals surface area contributed by atoms with Crippen molar-refractivity contribution in [1.29, 1.82) is 0 Å². The molecule has 0 radical (unpaired) electrons. The van der Waals surface area contributed by atoms with Crippen LogP contribution in [0.2, 0.25) is 0 Å². The third kappa shape index (κ3) is 3.86. The molecular formula is C24H20N2O2. The molecule has 1 aliphatic heterocycles. The van der Waals surface area contributed by atoms with E-state index in [2.05, 4.69) is 5.10 Å². The number of carbonyl (C=O) groups is 1. The van der Waals surface area contributed by atoms with Crippen molar-refractivity contribution in [1.82, 2.24) is 0 Å². The molecule has 3 aromatic carbocycles. The molecule has 0 unspecified atom stereocenters. The van der Waals surface area contributed by atoms with Crippen LogP contribution < -0.4 is 9.75 Å². The normalized spacial score (nSPS) is 15.0. The number of hydrogen-bond acceptors (Lipinski definition) is 3. The molecule has 1 aliphatic rings. The highest BCUT2D eigenvalue weighted by Gasteiger charge is 2.28. The van der Waals surface area contributed by atoms with E-state index in [0.717, 1.165) is 22.6 Å². The Morgan fingerprint density at radius 2 is 1.64 bits per heavy atom. The molecule has 4 rings (SSSR count). The van der Waals surface area contributed by atoms with Gasteiger partial charge in [-0.2, -0.15) is 10.1 Å². The summed E-state index contributed by atoms with van der Waals surface area (Å²) < 4.78 is 5.89. The van der Waals surface area contributed by atoms with Crippen molar-refractivity contribution < 1.29 is 9.53 Å². The van der Waals surface area contributed by atoms with Gasteiger partial charge in [0, 0.05) is 0 Å². The summed E-state index contributed by atoms with van der Waals surface area (Å²) in [7, 11) is 0. The van der Waals surface area contributed by atoms with Crippen LogP contribution in [0, 0.1) is 0 Å². The van der Waals surface area contributed by atoms with Crippen molar-refractivity contribution >= 4 is 23.4 Å². The van der Waals surface area contributed by atoms with E-state index in [1.807, 2.05) is 97.9 Å². The van der Waals surface area contributed by atoms with Crippen molar-refractivity contribution in [3.63, 3.8) is 0 Å². The molecule has 1 amide bonds. The van der Waals surface area contributed by atoms with E-state index >= 15 is 0 Å². The molecule has 138 valence electrons. The quantitative estimate of drug-likeness (QED) is 0.590. The molecule has 4 heteroatoms. The van der Waals surface area contributed by atoms with Crippen LogP contribution in [0.15, 0.2) is 95.6 Å². The van der Waals surface area contributed by atoms with Crippen molar-refractivity contribution in [3.8, 4) is 5.75 Å². The molecule has 1 heterocycles. The van der Waals surface area contributed by atoms with Gasteiger partial charge in [0.05, 0.1) is 17.0 Å². The number of hydrazone groups is 1. The topological polar surface area (TPSA) is 41.9 Å². The zero-order valence-corrected chi connectivity index (χ0v) is 15.6. The number of hydrogen-bond donors (Lipinski definition) is 0. The van der Waals surface area contributed by atoms with Crippen LogP contribution in [-0.2, 0) is 11.4 Å². The van der Waals surface area contributed by atoms with E-state index < -0.39 is 0 Å². The lowest BCUT2D eigenvalue weighted by Crippen LogP contribution is -2.21. The molecule has 0 aromatic heterocycles. The number of anilines is 1. The van der Waals surface area contributed by atoms with Gasteiger partial charge in [0.15, 0.2) is 0 Å². The van der Waals surface area contributed by atoms with E-state index in [-0.39, 0.29) is 5.91 Å². The molecule has 0 N–H and O–H groups in total. The summed E-state index contributed by atoms with van der Waals surface area (Å²) >= 11 is 0.